The normalized spacial score (nSPS) is 17.4. The standard InChI is InChI=1S/C10H17N3O.ClH/c1-2-3-9-12-10(14-13-9)8-4-6-11-7-5-8;/h8,11H,2-7H2,1H3;1H. The van der Waals surface area contributed by atoms with E-state index in [1.165, 1.54) is 0 Å². The smallest absolute Gasteiger partial charge is 0.229 e. The first-order valence-electron chi connectivity index (χ1n) is 5.43. The van der Waals surface area contributed by atoms with E-state index in [0.717, 1.165) is 50.5 Å². The van der Waals surface area contributed by atoms with Crippen LogP contribution in [0.3, 0.4) is 0 Å². The fourth-order valence-corrected chi connectivity index (χ4v) is 1.83. The molecule has 1 N–H and O–H groups in total. The van der Waals surface area contributed by atoms with Gasteiger partial charge in [-0.05, 0) is 32.4 Å². The van der Waals surface area contributed by atoms with Gasteiger partial charge in [-0.1, -0.05) is 12.1 Å². The SMILES string of the molecule is CCCc1noc(C2CCNCC2)n1.Cl. The predicted octanol–water partition coefficient (Wildman–Crippen LogP) is 1.91. The quantitative estimate of drug-likeness (QED) is 0.864. The van der Waals surface area contributed by atoms with Crippen molar-refractivity contribution in [3.8, 4) is 0 Å². The third kappa shape index (κ3) is 3.18. The highest BCUT2D eigenvalue weighted by atomic mass is 35.5. The molecular weight excluding hydrogens is 214 g/mol. The van der Waals surface area contributed by atoms with Gasteiger partial charge in [0.15, 0.2) is 5.82 Å². The van der Waals surface area contributed by atoms with Gasteiger partial charge in [0.2, 0.25) is 5.89 Å². The van der Waals surface area contributed by atoms with E-state index in [4.69, 9.17) is 4.52 Å². The maximum atomic E-state index is 5.27. The van der Waals surface area contributed by atoms with Crippen molar-refractivity contribution in [1.82, 2.24) is 15.5 Å². The van der Waals surface area contributed by atoms with E-state index < -0.39 is 0 Å². The summed E-state index contributed by atoms with van der Waals surface area (Å²) >= 11 is 0. The predicted molar refractivity (Wildman–Crippen MR) is 60.4 cm³/mol. The zero-order valence-corrected chi connectivity index (χ0v) is 9.85. The van der Waals surface area contributed by atoms with Crippen LogP contribution in [-0.4, -0.2) is 23.2 Å². The van der Waals surface area contributed by atoms with Crippen LogP contribution < -0.4 is 5.32 Å². The molecule has 0 aliphatic carbocycles. The Balaban J connectivity index is 0.00000112. The second-order valence-electron chi connectivity index (χ2n) is 3.82. The van der Waals surface area contributed by atoms with Crippen molar-refractivity contribution in [2.45, 2.75) is 38.5 Å². The van der Waals surface area contributed by atoms with Crippen LogP contribution in [-0.2, 0) is 6.42 Å². The molecule has 0 atom stereocenters. The number of aryl methyl sites for hydroxylation is 1. The molecule has 4 nitrogen and oxygen atoms in total. The lowest BCUT2D eigenvalue weighted by atomic mass is 9.98. The van der Waals surface area contributed by atoms with Crippen LogP contribution in [0.1, 0.15) is 43.8 Å². The maximum Gasteiger partial charge on any atom is 0.229 e. The largest absolute Gasteiger partial charge is 0.339 e. The summed E-state index contributed by atoms with van der Waals surface area (Å²) < 4.78 is 5.27. The molecule has 0 amide bonds. The molecule has 0 aromatic carbocycles. The maximum absolute atomic E-state index is 5.27. The number of piperidine rings is 1. The van der Waals surface area contributed by atoms with E-state index in [9.17, 15) is 0 Å². The minimum absolute atomic E-state index is 0. The summed E-state index contributed by atoms with van der Waals surface area (Å²) in [4.78, 5) is 4.42. The Hall–Kier alpha value is -0.610. The van der Waals surface area contributed by atoms with Crippen LogP contribution in [0.25, 0.3) is 0 Å². The second-order valence-corrected chi connectivity index (χ2v) is 3.82. The molecule has 1 fully saturated rings. The van der Waals surface area contributed by atoms with Crippen molar-refractivity contribution in [3.05, 3.63) is 11.7 Å². The van der Waals surface area contributed by atoms with Gasteiger partial charge in [-0.15, -0.1) is 12.4 Å². The molecule has 1 saturated heterocycles. The summed E-state index contributed by atoms with van der Waals surface area (Å²) in [7, 11) is 0. The zero-order chi connectivity index (χ0) is 9.80. The van der Waals surface area contributed by atoms with Crippen LogP contribution in [0.15, 0.2) is 4.52 Å². The summed E-state index contributed by atoms with van der Waals surface area (Å²) in [5.41, 5.74) is 0. The van der Waals surface area contributed by atoms with Crippen LogP contribution in [0.4, 0.5) is 0 Å². The third-order valence-electron chi connectivity index (χ3n) is 2.65. The fraction of sp³-hybridized carbons (Fsp3) is 0.800. The number of hydrogen-bond acceptors (Lipinski definition) is 4. The summed E-state index contributed by atoms with van der Waals surface area (Å²) in [6, 6.07) is 0. The molecule has 2 rings (SSSR count). The number of rotatable bonds is 3. The molecule has 1 aromatic rings. The van der Waals surface area contributed by atoms with E-state index >= 15 is 0 Å². The summed E-state index contributed by atoms with van der Waals surface area (Å²) in [6.45, 7) is 4.26. The third-order valence-corrected chi connectivity index (χ3v) is 2.65. The molecule has 0 unspecified atom stereocenters. The topological polar surface area (TPSA) is 51.0 Å². The Kier molecular flexibility index (Phi) is 5.05. The minimum atomic E-state index is 0. The lowest BCUT2D eigenvalue weighted by molar-refractivity contribution is 0.318. The number of nitrogens with zero attached hydrogens (tertiary/aromatic N) is 2. The molecule has 2 heterocycles. The van der Waals surface area contributed by atoms with Crippen molar-refractivity contribution in [3.63, 3.8) is 0 Å². The van der Waals surface area contributed by atoms with Crippen molar-refractivity contribution in [2.24, 2.45) is 0 Å². The van der Waals surface area contributed by atoms with Gasteiger partial charge in [0.25, 0.3) is 0 Å². The highest BCUT2D eigenvalue weighted by molar-refractivity contribution is 5.85. The van der Waals surface area contributed by atoms with Crippen molar-refractivity contribution in [2.75, 3.05) is 13.1 Å². The van der Waals surface area contributed by atoms with Gasteiger partial charge in [-0.25, -0.2) is 0 Å². The highest BCUT2D eigenvalue weighted by Crippen LogP contribution is 2.23. The van der Waals surface area contributed by atoms with Gasteiger partial charge in [0.05, 0.1) is 0 Å². The summed E-state index contributed by atoms with van der Waals surface area (Å²) in [5, 5.41) is 7.30. The van der Waals surface area contributed by atoms with Crippen molar-refractivity contribution in [1.29, 1.82) is 0 Å². The molecular formula is C10H18ClN3O. The highest BCUT2D eigenvalue weighted by Gasteiger charge is 2.20. The van der Waals surface area contributed by atoms with Gasteiger partial charge < -0.3 is 9.84 Å². The first-order chi connectivity index (χ1) is 6.90. The first kappa shape index (κ1) is 12.5. The molecule has 1 aliphatic heterocycles. The molecule has 5 heteroatoms. The van der Waals surface area contributed by atoms with E-state index in [0.29, 0.717) is 5.92 Å². The zero-order valence-electron chi connectivity index (χ0n) is 9.03. The van der Waals surface area contributed by atoms with Gasteiger partial charge in [0, 0.05) is 12.3 Å². The Labute approximate surface area is 96.2 Å². The fourth-order valence-electron chi connectivity index (χ4n) is 1.83. The molecule has 0 spiro atoms. The molecule has 0 radical (unpaired) electrons. The average Bonchev–Trinajstić information content (AvgIpc) is 2.68. The lowest BCUT2D eigenvalue weighted by Gasteiger charge is -2.18. The number of nitrogens with one attached hydrogen (secondary N) is 1. The number of hydrogen-bond donors (Lipinski definition) is 1. The van der Waals surface area contributed by atoms with Crippen LogP contribution in [0, 0.1) is 0 Å². The Morgan fingerprint density at radius 1 is 1.40 bits per heavy atom. The van der Waals surface area contributed by atoms with E-state index in [1.54, 1.807) is 0 Å². The Morgan fingerprint density at radius 2 is 2.13 bits per heavy atom. The summed E-state index contributed by atoms with van der Waals surface area (Å²) in [5.74, 6) is 2.19. The molecule has 0 saturated carbocycles. The summed E-state index contributed by atoms with van der Waals surface area (Å²) in [6.07, 6.45) is 4.24. The molecule has 0 bridgehead atoms. The first-order valence-corrected chi connectivity index (χ1v) is 5.43. The van der Waals surface area contributed by atoms with Crippen molar-refractivity contribution >= 4 is 12.4 Å². The Morgan fingerprint density at radius 3 is 2.80 bits per heavy atom. The molecule has 86 valence electrons. The van der Waals surface area contributed by atoms with Gasteiger partial charge >= 0.3 is 0 Å². The van der Waals surface area contributed by atoms with Crippen LogP contribution in [0.2, 0.25) is 0 Å². The minimum Gasteiger partial charge on any atom is -0.339 e. The van der Waals surface area contributed by atoms with Gasteiger partial charge in [0.1, 0.15) is 0 Å². The van der Waals surface area contributed by atoms with E-state index in [2.05, 4.69) is 22.4 Å². The van der Waals surface area contributed by atoms with Gasteiger partial charge in [-0.2, -0.15) is 4.98 Å². The second kappa shape index (κ2) is 6.08. The molecule has 1 aliphatic rings. The lowest BCUT2D eigenvalue weighted by Crippen LogP contribution is -2.26. The van der Waals surface area contributed by atoms with Crippen molar-refractivity contribution < 1.29 is 4.52 Å². The number of aromatic nitrogens is 2. The molecule has 15 heavy (non-hydrogen) atoms. The van der Waals surface area contributed by atoms with E-state index in [-0.39, 0.29) is 12.4 Å². The van der Waals surface area contributed by atoms with Crippen LogP contribution in [0.5, 0.6) is 0 Å². The molecule has 1 aromatic heterocycles. The van der Waals surface area contributed by atoms with Gasteiger partial charge in [-0.3, -0.25) is 0 Å². The van der Waals surface area contributed by atoms with E-state index in [1.807, 2.05) is 0 Å². The average molecular weight is 232 g/mol. The monoisotopic (exact) mass is 231 g/mol. The van der Waals surface area contributed by atoms with Crippen LogP contribution >= 0.6 is 12.4 Å². The Bertz CT molecular complexity index is 284. The number of halogens is 1.